The Morgan fingerprint density at radius 1 is 1.08 bits per heavy atom. The molecule has 0 atom stereocenters. The zero-order valence-electron chi connectivity index (χ0n) is 20.4. The molecule has 0 spiro atoms. The fourth-order valence-electron chi connectivity index (χ4n) is 4.26. The quantitative estimate of drug-likeness (QED) is 0.320. The van der Waals surface area contributed by atoms with Crippen LogP contribution in [0.4, 0.5) is 11.4 Å². The number of anilines is 2. The van der Waals surface area contributed by atoms with Gasteiger partial charge in [-0.1, -0.05) is 37.6 Å². The number of phenols is 1. The molecule has 198 valence electrons. The number of ether oxygens (including phenoxy) is 2. The standard InChI is InChI=1S/C26H29Cl2N5O3.CH4/c1-3-32-6-8-33(9-7-32)5-4-10-36-25-14-21-18(11-24(25)35-2)26(17(15-29)16-30-21)31-22-13-23(34)20(28)12-19(22)27;/h11-14,16,34H,3-10H2,1-2H3,(H,30,31);1H4. The number of fused-ring (bicyclic) bond motifs is 1. The van der Waals surface area contributed by atoms with Gasteiger partial charge < -0.3 is 29.7 Å². The number of rotatable bonds is 9. The van der Waals surface area contributed by atoms with Crippen LogP contribution in [0.2, 0.25) is 10.0 Å². The summed E-state index contributed by atoms with van der Waals surface area (Å²) in [6.07, 6.45) is 2.39. The number of benzene rings is 2. The zero-order valence-corrected chi connectivity index (χ0v) is 21.9. The second kappa shape index (κ2) is 13.0. The maximum absolute atomic E-state index is 10.0. The fourth-order valence-corrected chi connectivity index (χ4v) is 4.69. The zero-order chi connectivity index (χ0) is 25.7. The van der Waals surface area contributed by atoms with Gasteiger partial charge in [0.2, 0.25) is 0 Å². The summed E-state index contributed by atoms with van der Waals surface area (Å²) < 4.78 is 11.7. The molecule has 10 heteroatoms. The molecule has 4 rings (SSSR count). The molecular formula is C27H33Cl2N5O3. The first-order valence-corrected chi connectivity index (χ1v) is 12.6. The fraction of sp³-hybridized carbons (Fsp3) is 0.407. The van der Waals surface area contributed by atoms with E-state index >= 15 is 0 Å². The van der Waals surface area contributed by atoms with Crippen LogP contribution in [0.15, 0.2) is 30.5 Å². The highest BCUT2D eigenvalue weighted by Gasteiger charge is 2.17. The summed E-state index contributed by atoms with van der Waals surface area (Å²) in [4.78, 5) is 9.38. The summed E-state index contributed by atoms with van der Waals surface area (Å²) in [5.41, 5.74) is 1.83. The van der Waals surface area contributed by atoms with Crippen molar-refractivity contribution in [3.8, 4) is 23.3 Å². The molecule has 2 N–H and O–H groups in total. The number of phenolic OH excluding ortho intramolecular Hbond substituents is 1. The predicted octanol–water partition coefficient (Wildman–Crippen LogP) is 5.91. The molecule has 0 amide bonds. The number of aromatic hydroxyl groups is 1. The van der Waals surface area contributed by atoms with Crippen LogP contribution in [0.3, 0.4) is 0 Å². The number of nitrogens with one attached hydrogen (secondary N) is 1. The van der Waals surface area contributed by atoms with E-state index in [0.717, 1.165) is 45.7 Å². The summed E-state index contributed by atoms with van der Waals surface area (Å²) in [7, 11) is 1.57. The molecule has 1 aliphatic heterocycles. The Morgan fingerprint density at radius 2 is 1.81 bits per heavy atom. The van der Waals surface area contributed by atoms with Gasteiger partial charge in [0.1, 0.15) is 11.8 Å². The van der Waals surface area contributed by atoms with Crippen LogP contribution in [-0.2, 0) is 0 Å². The number of hydrogen-bond donors (Lipinski definition) is 2. The number of aromatic nitrogens is 1. The second-order valence-corrected chi connectivity index (χ2v) is 9.38. The van der Waals surface area contributed by atoms with Gasteiger partial charge in [-0.3, -0.25) is 4.98 Å². The topological polar surface area (TPSA) is 93.9 Å². The summed E-state index contributed by atoms with van der Waals surface area (Å²) >= 11 is 12.3. The Kier molecular flexibility index (Phi) is 10.1. The van der Waals surface area contributed by atoms with E-state index in [-0.39, 0.29) is 18.2 Å². The number of nitriles is 1. The highest BCUT2D eigenvalue weighted by atomic mass is 35.5. The SMILES string of the molecule is C.CCN1CCN(CCCOc2cc3ncc(C#N)c(Nc4cc(O)c(Cl)cc4Cl)c3cc2OC)CC1. The lowest BCUT2D eigenvalue weighted by Crippen LogP contribution is -2.46. The van der Waals surface area contributed by atoms with Gasteiger partial charge in [-0.15, -0.1) is 0 Å². The third-order valence-corrected chi connectivity index (χ3v) is 6.97. The molecule has 1 aliphatic rings. The van der Waals surface area contributed by atoms with Crippen molar-refractivity contribution in [2.45, 2.75) is 20.8 Å². The summed E-state index contributed by atoms with van der Waals surface area (Å²) in [6.45, 7) is 9.25. The Hall–Kier alpha value is -2.96. The summed E-state index contributed by atoms with van der Waals surface area (Å²) in [6, 6.07) is 8.59. The Bertz CT molecular complexity index is 1270. The molecule has 0 radical (unpaired) electrons. The van der Waals surface area contributed by atoms with E-state index in [0.29, 0.717) is 51.0 Å². The number of hydrogen-bond acceptors (Lipinski definition) is 8. The maximum Gasteiger partial charge on any atom is 0.163 e. The van der Waals surface area contributed by atoms with Gasteiger partial charge in [-0.2, -0.15) is 5.26 Å². The average Bonchev–Trinajstić information content (AvgIpc) is 2.89. The Labute approximate surface area is 228 Å². The van der Waals surface area contributed by atoms with E-state index in [4.69, 9.17) is 32.7 Å². The smallest absolute Gasteiger partial charge is 0.163 e. The molecule has 2 heterocycles. The second-order valence-electron chi connectivity index (χ2n) is 8.57. The van der Waals surface area contributed by atoms with E-state index in [1.807, 2.05) is 6.07 Å². The van der Waals surface area contributed by atoms with E-state index < -0.39 is 0 Å². The molecule has 8 nitrogen and oxygen atoms in total. The van der Waals surface area contributed by atoms with Crippen LogP contribution in [0.5, 0.6) is 17.2 Å². The molecule has 1 aromatic heterocycles. The lowest BCUT2D eigenvalue weighted by Gasteiger charge is -2.33. The van der Waals surface area contributed by atoms with Crippen molar-refractivity contribution in [1.29, 1.82) is 5.26 Å². The highest BCUT2D eigenvalue weighted by Crippen LogP contribution is 2.40. The van der Waals surface area contributed by atoms with Crippen LogP contribution in [0.1, 0.15) is 26.3 Å². The number of likely N-dealkylation sites (N-methyl/N-ethyl adjacent to an activating group) is 1. The first-order valence-electron chi connectivity index (χ1n) is 11.9. The Balaban J connectivity index is 0.00000380. The molecular weight excluding hydrogens is 513 g/mol. The van der Waals surface area contributed by atoms with Crippen LogP contribution in [-0.4, -0.2) is 72.9 Å². The van der Waals surface area contributed by atoms with Crippen molar-refractivity contribution in [2.24, 2.45) is 0 Å². The van der Waals surface area contributed by atoms with Gasteiger partial charge in [0.25, 0.3) is 0 Å². The van der Waals surface area contributed by atoms with Gasteiger partial charge in [-0.05, 0) is 25.1 Å². The van der Waals surface area contributed by atoms with Crippen LogP contribution in [0.25, 0.3) is 10.9 Å². The van der Waals surface area contributed by atoms with Crippen molar-refractivity contribution < 1.29 is 14.6 Å². The van der Waals surface area contributed by atoms with E-state index in [2.05, 4.69) is 33.1 Å². The minimum atomic E-state index is -0.124. The third kappa shape index (κ3) is 6.68. The molecule has 2 aromatic carbocycles. The van der Waals surface area contributed by atoms with Crippen molar-refractivity contribution >= 4 is 45.5 Å². The average molecular weight is 546 g/mol. The largest absolute Gasteiger partial charge is 0.506 e. The molecule has 0 saturated carbocycles. The van der Waals surface area contributed by atoms with E-state index in [9.17, 15) is 10.4 Å². The van der Waals surface area contributed by atoms with E-state index in [1.54, 1.807) is 13.2 Å². The summed E-state index contributed by atoms with van der Waals surface area (Å²) in [5.74, 6) is 0.996. The third-order valence-electron chi connectivity index (χ3n) is 6.36. The number of halogens is 2. The lowest BCUT2D eigenvalue weighted by atomic mass is 10.1. The van der Waals surface area contributed by atoms with Crippen molar-refractivity contribution in [2.75, 3.05) is 58.3 Å². The maximum atomic E-state index is 10.0. The van der Waals surface area contributed by atoms with Crippen molar-refractivity contribution in [1.82, 2.24) is 14.8 Å². The van der Waals surface area contributed by atoms with Gasteiger partial charge in [0.05, 0.1) is 46.2 Å². The first kappa shape index (κ1) is 28.6. The van der Waals surface area contributed by atoms with Crippen LogP contribution in [0, 0.1) is 11.3 Å². The number of methoxy groups -OCH3 is 1. The first-order chi connectivity index (χ1) is 17.4. The van der Waals surface area contributed by atoms with Gasteiger partial charge in [0, 0.05) is 56.4 Å². The number of piperazine rings is 1. The molecule has 1 saturated heterocycles. The minimum Gasteiger partial charge on any atom is -0.506 e. The summed E-state index contributed by atoms with van der Waals surface area (Å²) in [5, 5.41) is 23.9. The molecule has 1 fully saturated rings. The van der Waals surface area contributed by atoms with Gasteiger partial charge in [-0.25, -0.2) is 0 Å². The normalized spacial score (nSPS) is 14.1. The molecule has 0 unspecified atom stereocenters. The van der Waals surface area contributed by atoms with Crippen LogP contribution >= 0.6 is 23.2 Å². The molecule has 3 aromatic rings. The van der Waals surface area contributed by atoms with Crippen LogP contribution < -0.4 is 14.8 Å². The van der Waals surface area contributed by atoms with Gasteiger partial charge >= 0.3 is 0 Å². The molecule has 0 bridgehead atoms. The predicted molar refractivity (Wildman–Crippen MR) is 150 cm³/mol. The Morgan fingerprint density at radius 3 is 2.49 bits per heavy atom. The van der Waals surface area contributed by atoms with E-state index in [1.165, 1.54) is 18.3 Å². The number of nitrogens with zero attached hydrogens (tertiary/aromatic N) is 4. The highest BCUT2D eigenvalue weighted by molar-refractivity contribution is 6.37. The van der Waals surface area contributed by atoms with Crippen molar-refractivity contribution in [3.05, 3.63) is 46.1 Å². The number of pyridine rings is 1. The van der Waals surface area contributed by atoms with Crippen molar-refractivity contribution in [3.63, 3.8) is 0 Å². The molecule has 0 aliphatic carbocycles. The monoisotopic (exact) mass is 545 g/mol. The lowest BCUT2D eigenvalue weighted by molar-refractivity contribution is 0.130. The molecule has 37 heavy (non-hydrogen) atoms. The minimum absolute atomic E-state index is 0. The van der Waals surface area contributed by atoms with Gasteiger partial charge in [0.15, 0.2) is 11.5 Å².